The van der Waals surface area contributed by atoms with Gasteiger partial charge in [-0.05, 0) is 37.5 Å². The third-order valence-corrected chi connectivity index (χ3v) is 4.18. The molecule has 2 fully saturated rings. The lowest BCUT2D eigenvalue weighted by molar-refractivity contribution is -0.0521. The standard InChI is InChI=1S/C14H27NO/c1-11(2)14-12(6-5-9-16-14)10-15-13-7-3-4-8-13/h11-15H,3-10H2,1-2H3. The van der Waals surface area contributed by atoms with Crippen LogP contribution in [0.1, 0.15) is 52.4 Å². The van der Waals surface area contributed by atoms with Crippen molar-refractivity contribution >= 4 is 0 Å². The molecule has 0 aromatic rings. The second-order valence-electron chi connectivity index (χ2n) is 5.87. The summed E-state index contributed by atoms with van der Waals surface area (Å²) in [7, 11) is 0. The Labute approximate surface area is 100 Å². The summed E-state index contributed by atoms with van der Waals surface area (Å²) in [6, 6.07) is 0.801. The Balaban J connectivity index is 1.76. The monoisotopic (exact) mass is 225 g/mol. The van der Waals surface area contributed by atoms with E-state index >= 15 is 0 Å². The van der Waals surface area contributed by atoms with Crippen LogP contribution < -0.4 is 5.32 Å². The van der Waals surface area contributed by atoms with E-state index in [-0.39, 0.29) is 0 Å². The Morgan fingerprint density at radius 1 is 1.12 bits per heavy atom. The highest BCUT2D eigenvalue weighted by molar-refractivity contribution is 4.81. The molecule has 1 aliphatic heterocycles. The van der Waals surface area contributed by atoms with E-state index in [0.717, 1.165) is 18.6 Å². The molecule has 94 valence electrons. The maximum Gasteiger partial charge on any atom is 0.0638 e. The van der Waals surface area contributed by atoms with Crippen molar-refractivity contribution < 1.29 is 4.74 Å². The first kappa shape index (κ1) is 12.4. The first-order chi connectivity index (χ1) is 7.77. The molecule has 2 aliphatic rings. The molecular formula is C14H27NO. The fourth-order valence-electron chi connectivity index (χ4n) is 3.27. The SMILES string of the molecule is CC(C)C1OCCCC1CNC1CCCC1. The molecule has 1 aliphatic carbocycles. The molecule has 1 saturated carbocycles. The van der Waals surface area contributed by atoms with E-state index in [1.807, 2.05) is 0 Å². The zero-order valence-electron chi connectivity index (χ0n) is 10.9. The van der Waals surface area contributed by atoms with Crippen LogP contribution in [-0.4, -0.2) is 25.3 Å². The van der Waals surface area contributed by atoms with Crippen molar-refractivity contribution in [3.8, 4) is 0 Å². The van der Waals surface area contributed by atoms with Crippen LogP contribution in [0.3, 0.4) is 0 Å². The second kappa shape index (κ2) is 6.02. The van der Waals surface area contributed by atoms with E-state index in [4.69, 9.17) is 4.74 Å². The fraction of sp³-hybridized carbons (Fsp3) is 1.00. The van der Waals surface area contributed by atoms with Gasteiger partial charge in [0.25, 0.3) is 0 Å². The summed E-state index contributed by atoms with van der Waals surface area (Å²) in [6.07, 6.45) is 8.71. The van der Waals surface area contributed by atoms with Crippen LogP contribution in [0, 0.1) is 11.8 Å². The first-order valence-corrected chi connectivity index (χ1v) is 7.12. The van der Waals surface area contributed by atoms with Crippen LogP contribution in [0.15, 0.2) is 0 Å². The topological polar surface area (TPSA) is 21.3 Å². The number of nitrogens with one attached hydrogen (secondary N) is 1. The van der Waals surface area contributed by atoms with Gasteiger partial charge in [-0.15, -0.1) is 0 Å². The zero-order valence-corrected chi connectivity index (χ0v) is 10.9. The molecule has 0 amide bonds. The van der Waals surface area contributed by atoms with E-state index in [0.29, 0.717) is 12.0 Å². The van der Waals surface area contributed by atoms with Gasteiger partial charge < -0.3 is 10.1 Å². The van der Waals surface area contributed by atoms with Gasteiger partial charge in [0.1, 0.15) is 0 Å². The predicted molar refractivity (Wildman–Crippen MR) is 67.6 cm³/mol. The summed E-state index contributed by atoms with van der Waals surface area (Å²) < 4.78 is 5.93. The molecule has 1 N–H and O–H groups in total. The largest absolute Gasteiger partial charge is 0.378 e. The maximum atomic E-state index is 5.93. The van der Waals surface area contributed by atoms with Crippen molar-refractivity contribution in [3.63, 3.8) is 0 Å². The summed E-state index contributed by atoms with van der Waals surface area (Å²) in [5.74, 6) is 1.41. The molecule has 0 spiro atoms. The van der Waals surface area contributed by atoms with Crippen LogP contribution in [0.5, 0.6) is 0 Å². The van der Waals surface area contributed by atoms with Crippen LogP contribution >= 0.6 is 0 Å². The number of hydrogen-bond donors (Lipinski definition) is 1. The van der Waals surface area contributed by atoms with Gasteiger partial charge in [0.2, 0.25) is 0 Å². The Morgan fingerprint density at radius 2 is 1.88 bits per heavy atom. The molecular weight excluding hydrogens is 198 g/mol. The predicted octanol–water partition coefficient (Wildman–Crippen LogP) is 2.97. The van der Waals surface area contributed by atoms with Gasteiger partial charge in [-0.2, -0.15) is 0 Å². The van der Waals surface area contributed by atoms with E-state index in [2.05, 4.69) is 19.2 Å². The number of hydrogen-bond acceptors (Lipinski definition) is 2. The van der Waals surface area contributed by atoms with Gasteiger partial charge in [-0.1, -0.05) is 26.7 Å². The summed E-state index contributed by atoms with van der Waals surface area (Å²) in [6.45, 7) is 6.73. The Kier molecular flexibility index (Phi) is 4.66. The average Bonchev–Trinajstić information content (AvgIpc) is 2.79. The molecule has 1 heterocycles. The van der Waals surface area contributed by atoms with Gasteiger partial charge in [-0.3, -0.25) is 0 Å². The Hall–Kier alpha value is -0.0800. The van der Waals surface area contributed by atoms with Crippen molar-refractivity contribution in [2.75, 3.05) is 13.2 Å². The zero-order chi connectivity index (χ0) is 11.4. The second-order valence-corrected chi connectivity index (χ2v) is 5.87. The van der Waals surface area contributed by atoms with Crippen molar-refractivity contribution in [2.24, 2.45) is 11.8 Å². The summed E-state index contributed by atoms with van der Waals surface area (Å²) in [5, 5.41) is 3.76. The van der Waals surface area contributed by atoms with Crippen molar-refractivity contribution in [1.82, 2.24) is 5.32 Å². The molecule has 2 unspecified atom stereocenters. The van der Waals surface area contributed by atoms with Gasteiger partial charge in [-0.25, -0.2) is 0 Å². The van der Waals surface area contributed by atoms with E-state index < -0.39 is 0 Å². The fourth-order valence-corrected chi connectivity index (χ4v) is 3.27. The van der Waals surface area contributed by atoms with Crippen LogP contribution in [0.4, 0.5) is 0 Å². The van der Waals surface area contributed by atoms with Crippen LogP contribution in [0.2, 0.25) is 0 Å². The van der Waals surface area contributed by atoms with Gasteiger partial charge >= 0.3 is 0 Å². The molecule has 0 radical (unpaired) electrons. The van der Waals surface area contributed by atoms with Crippen molar-refractivity contribution in [1.29, 1.82) is 0 Å². The molecule has 0 aromatic carbocycles. The molecule has 2 rings (SSSR count). The molecule has 2 heteroatoms. The maximum absolute atomic E-state index is 5.93. The molecule has 2 nitrogen and oxygen atoms in total. The van der Waals surface area contributed by atoms with E-state index in [1.165, 1.54) is 45.1 Å². The summed E-state index contributed by atoms with van der Waals surface area (Å²) >= 11 is 0. The quantitative estimate of drug-likeness (QED) is 0.794. The summed E-state index contributed by atoms with van der Waals surface area (Å²) in [4.78, 5) is 0. The van der Waals surface area contributed by atoms with Crippen molar-refractivity contribution in [2.45, 2.75) is 64.5 Å². The lowest BCUT2D eigenvalue weighted by atomic mass is 9.87. The van der Waals surface area contributed by atoms with E-state index in [1.54, 1.807) is 0 Å². The third-order valence-electron chi connectivity index (χ3n) is 4.18. The third kappa shape index (κ3) is 3.21. The molecule has 2 atom stereocenters. The van der Waals surface area contributed by atoms with Gasteiger partial charge in [0.05, 0.1) is 6.10 Å². The van der Waals surface area contributed by atoms with Gasteiger partial charge in [0, 0.05) is 19.2 Å². The lowest BCUT2D eigenvalue weighted by Crippen LogP contribution is -2.42. The smallest absolute Gasteiger partial charge is 0.0638 e. The minimum absolute atomic E-state index is 0.489. The lowest BCUT2D eigenvalue weighted by Gasteiger charge is -2.35. The van der Waals surface area contributed by atoms with Gasteiger partial charge in [0.15, 0.2) is 0 Å². The highest BCUT2D eigenvalue weighted by Gasteiger charge is 2.29. The van der Waals surface area contributed by atoms with Crippen molar-refractivity contribution in [3.05, 3.63) is 0 Å². The normalized spacial score (nSPS) is 32.4. The molecule has 16 heavy (non-hydrogen) atoms. The minimum atomic E-state index is 0.489. The van der Waals surface area contributed by atoms with Crippen LogP contribution in [0.25, 0.3) is 0 Å². The average molecular weight is 225 g/mol. The number of ether oxygens (including phenoxy) is 1. The van der Waals surface area contributed by atoms with Crippen LogP contribution in [-0.2, 0) is 4.74 Å². The Bertz CT molecular complexity index is 199. The highest BCUT2D eigenvalue weighted by Crippen LogP contribution is 2.26. The molecule has 0 aromatic heterocycles. The molecule has 1 saturated heterocycles. The first-order valence-electron chi connectivity index (χ1n) is 7.12. The van der Waals surface area contributed by atoms with E-state index in [9.17, 15) is 0 Å². The number of rotatable bonds is 4. The molecule has 0 bridgehead atoms. The highest BCUT2D eigenvalue weighted by atomic mass is 16.5. The Morgan fingerprint density at radius 3 is 2.56 bits per heavy atom. The summed E-state index contributed by atoms with van der Waals surface area (Å²) in [5.41, 5.74) is 0. The minimum Gasteiger partial charge on any atom is -0.378 e.